The minimum Gasteiger partial charge on any atom is -0.481 e. The van der Waals surface area contributed by atoms with Gasteiger partial charge in [0, 0.05) is 49.5 Å². The second kappa shape index (κ2) is 9.77. The Morgan fingerprint density at radius 1 is 1.03 bits per heavy atom. The zero-order valence-corrected chi connectivity index (χ0v) is 20.0. The van der Waals surface area contributed by atoms with Crippen LogP contribution in [-0.2, 0) is 6.54 Å². The Hall–Kier alpha value is -3.52. The van der Waals surface area contributed by atoms with Crippen molar-refractivity contribution >= 4 is 17.0 Å². The van der Waals surface area contributed by atoms with Crippen molar-refractivity contribution in [2.24, 2.45) is 0 Å². The van der Waals surface area contributed by atoms with Gasteiger partial charge in [0.05, 0.1) is 7.11 Å². The second-order valence-corrected chi connectivity index (χ2v) is 9.06. The number of imidazole rings is 1. The van der Waals surface area contributed by atoms with E-state index in [1.54, 1.807) is 19.6 Å². The molecular formula is C26H31N7O. The molecule has 0 amide bonds. The van der Waals surface area contributed by atoms with Gasteiger partial charge in [-0.2, -0.15) is 0 Å². The number of nitrogens with zero attached hydrogens (tertiary/aromatic N) is 6. The molecule has 1 fully saturated rings. The van der Waals surface area contributed by atoms with E-state index in [1.807, 2.05) is 12.1 Å². The molecule has 1 N–H and O–H groups in total. The third-order valence-electron chi connectivity index (χ3n) is 6.37. The van der Waals surface area contributed by atoms with Crippen LogP contribution in [0.15, 0.2) is 55.0 Å². The highest BCUT2D eigenvalue weighted by Gasteiger charge is 2.23. The predicted octanol–water partition coefficient (Wildman–Crippen LogP) is 4.55. The summed E-state index contributed by atoms with van der Waals surface area (Å²) in [6, 6.07) is 15.1. The van der Waals surface area contributed by atoms with Gasteiger partial charge in [0.2, 0.25) is 5.88 Å². The van der Waals surface area contributed by atoms with Crippen molar-refractivity contribution in [2.45, 2.75) is 45.3 Å². The lowest BCUT2D eigenvalue weighted by atomic mass is 10.0. The number of rotatable bonds is 7. The fraction of sp³-hybridized carbons (Fsp3) is 0.385. The molecule has 0 bridgehead atoms. The van der Waals surface area contributed by atoms with E-state index in [0.717, 1.165) is 60.8 Å². The monoisotopic (exact) mass is 457 g/mol. The Bertz CT molecular complexity index is 1230. The van der Waals surface area contributed by atoms with Gasteiger partial charge in [0.25, 0.3) is 0 Å². The second-order valence-electron chi connectivity index (χ2n) is 9.06. The van der Waals surface area contributed by atoms with Crippen LogP contribution in [0, 0.1) is 0 Å². The van der Waals surface area contributed by atoms with Crippen LogP contribution in [0.1, 0.15) is 38.3 Å². The summed E-state index contributed by atoms with van der Waals surface area (Å²) >= 11 is 0. The smallest absolute Gasteiger partial charge is 0.212 e. The quantitative estimate of drug-likeness (QED) is 0.436. The van der Waals surface area contributed by atoms with E-state index in [9.17, 15) is 0 Å². The summed E-state index contributed by atoms with van der Waals surface area (Å²) in [6.07, 6.45) is 5.56. The molecule has 4 aromatic rings. The Morgan fingerprint density at radius 3 is 2.50 bits per heavy atom. The van der Waals surface area contributed by atoms with Gasteiger partial charge in [0.1, 0.15) is 12.2 Å². The molecule has 176 valence electrons. The lowest BCUT2D eigenvalue weighted by Crippen LogP contribution is -2.38. The minimum absolute atomic E-state index is 0.186. The maximum Gasteiger partial charge on any atom is 0.212 e. The van der Waals surface area contributed by atoms with Crippen LogP contribution in [0.5, 0.6) is 5.88 Å². The highest BCUT2D eigenvalue weighted by atomic mass is 16.5. The molecule has 5 rings (SSSR count). The molecule has 0 spiro atoms. The molecule has 0 unspecified atom stereocenters. The largest absolute Gasteiger partial charge is 0.481 e. The van der Waals surface area contributed by atoms with Gasteiger partial charge in [-0.05, 0) is 38.3 Å². The Balaban J connectivity index is 1.36. The number of fused-ring (bicyclic) bond motifs is 1. The number of likely N-dealkylation sites (tertiary alicyclic amines) is 1. The van der Waals surface area contributed by atoms with E-state index in [-0.39, 0.29) is 6.04 Å². The first-order chi connectivity index (χ1) is 16.6. The van der Waals surface area contributed by atoms with Gasteiger partial charge in [-0.3, -0.25) is 4.90 Å². The molecule has 0 atom stereocenters. The number of benzene rings is 1. The van der Waals surface area contributed by atoms with Crippen molar-refractivity contribution in [3.05, 3.63) is 60.6 Å². The van der Waals surface area contributed by atoms with E-state index in [1.165, 1.54) is 5.56 Å². The van der Waals surface area contributed by atoms with E-state index in [0.29, 0.717) is 11.9 Å². The van der Waals surface area contributed by atoms with Gasteiger partial charge in [-0.25, -0.2) is 19.9 Å². The summed E-state index contributed by atoms with van der Waals surface area (Å²) in [5, 5.41) is 3.67. The number of nitrogens with one attached hydrogen (secondary N) is 1. The molecule has 34 heavy (non-hydrogen) atoms. The maximum atomic E-state index is 5.21. The zero-order valence-electron chi connectivity index (χ0n) is 20.0. The van der Waals surface area contributed by atoms with Crippen molar-refractivity contribution in [1.29, 1.82) is 0 Å². The van der Waals surface area contributed by atoms with E-state index in [4.69, 9.17) is 9.72 Å². The topological polar surface area (TPSA) is 81.0 Å². The van der Waals surface area contributed by atoms with E-state index >= 15 is 0 Å². The molecule has 1 aromatic carbocycles. The lowest BCUT2D eigenvalue weighted by Gasteiger charge is -2.32. The van der Waals surface area contributed by atoms with Crippen molar-refractivity contribution in [2.75, 3.05) is 25.5 Å². The van der Waals surface area contributed by atoms with Crippen LogP contribution in [0.4, 0.5) is 5.82 Å². The van der Waals surface area contributed by atoms with E-state index in [2.05, 4.69) is 73.9 Å². The zero-order chi connectivity index (χ0) is 23.5. The van der Waals surface area contributed by atoms with Crippen LogP contribution in [0.25, 0.3) is 22.6 Å². The third-order valence-corrected chi connectivity index (χ3v) is 6.37. The van der Waals surface area contributed by atoms with Gasteiger partial charge in [-0.15, -0.1) is 0 Å². The molecular weight excluding hydrogens is 426 g/mol. The Morgan fingerprint density at radius 2 is 1.82 bits per heavy atom. The van der Waals surface area contributed by atoms with Gasteiger partial charge < -0.3 is 14.6 Å². The van der Waals surface area contributed by atoms with Crippen LogP contribution in [-0.4, -0.2) is 55.6 Å². The summed E-state index contributed by atoms with van der Waals surface area (Å²) in [6.45, 7) is 7.40. The number of aromatic nitrogens is 5. The highest BCUT2D eigenvalue weighted by molar-refractivity contribution is 5.86. The van der Waals surface area contributed by atoms with Crippen LogP contribution in [0.3, 0.4) is 0 Å². The lowest BCUT2D eigenvalue weighted by molar-refractivity contribution is 0.211. The third kappa shape index (κ3) is 4.59. The van der Waals surface area contributed by atoms with Crippen LogP contribution in [0.2, 0.25) is 0 Å². The number of anilines is 1. The maximum absolute atomic E-state index is 5.21. The first kappa shape index (κ1) is 22.3. The van der Waals surface area contributed by atoms with Crippen LogP contribution >= 0.6 is 0 Å². The van der Waals surface area contributed by atoms with Crippen LogP contribution < -0.4 is 10.1 Å². The Kier molecular flexibility index (Phi) is 6.40. The minimum atomic E-state index is 0.186. The number of methoxy groups -OCH3 is 1. The fourth-order valence-electron chi connectivity index (χ4n) is 4.61. The molecule has 8 heteroatoms. The van der Waals surface area contributed by atoms with Crippen molar-refractivity contribution in [3.8, 4) is 17.3 Å². The SMILES string of the molecule is COc1ccc(-c2nc3c(NC4CCN(Cc5ccccc5)CC4)ncnc3n2C(C)C)cn1. The summed E-state index contributed by atoms with van der Waals surface area (Å²) in [5.74, 6) is 2.21. The first-order valence-corrected chi connectivity index (χ1v) is 11.9. The highest BCUT2D eigenvalue weighted by Crippen LogP contribution is 2.31. The summed E-state index contributed by atoms with van der Waals surface area (Å²) < 4.78 is 7.36. The molecule has 0 radical (unpaired) electrons. The number of ether oxygens (including phenoxy) is 1. The Labute approximate surface area is 200 Å². The molecule has 4 heterocycles. The average Bonchev–Trinajstić information content (AvgIpc) is 3.27. The number of piperidine rings is 1. The molecule has 3 aromatic heterocycles. The van der Waals surface area contributed by atoms with Crippen molar-refractivity contribution in [3.63, 3.8) is 0 Å². The van der Waals surface area contributed by atoms with Gasteiger partial charge >= 0.3 is 0 Å². The van der Waals surface area contributed by atoms with Gasteiger partial charge in [0.15, 0.2) is 17.0 Å². The molecule has 1 aliphatic rings. The van der Waals surface area contributed by atoms with Crippen molar-refractivity contribution in [1.82, 2.24) is 29.4 Å². The average molecular weight is 458 g/mol. The summed E-state index contributed by atoms with van der Waals surface area (Å²) in [4.78, 5) is 21.0. The molecule has 0 aliphatic carbocycles. The normalized spacial score (nSPS) is 15.2. The van der Waals surface area contributed by atoms with Gasteiger partial charge in [-0.1, -0.05) is 30.3 Å². The predicted molar refractivity (Wildman–Crippen MR) is 134 cm³/mol. The molecule has 8 nitrogen and oxygen atoms in total. The summed E-state index contributed by atoms with van der Waals surface area (Å²) in [5.41, 5.74) is 3.92. The first-order valence-electron chi connectivity index (χ1n) is 11.9. The van der Waals surface area contributed by atoms with Crippen molar-refractivity contribution < 1.29 is 4.74 Å². The molecule has 1 saturated heterocycles. The number of hydrogen-bond acceptors (Lipinski definition) is 7. The summed E-state index contributed by atoms with van der Waals surface area (Å²) in [7, 11) is 1.62. The standard InChI is InChI=1S/C26H31N7O/c1-18(2)33-25(20-9-10-22(34-3)27-15-20)31-23-24(28-17-29-26(23)33)30-21-11-13-32(14-12-21)16-19-7-5-4-6-8-19/h4-10,15,17-18,21H,11-14,16H2,1-3H3,(H,28,29,30). The molecule has 1 aliphatic heterocycles. The fourth-order valence-corrected chi connectivity index (χ4v) is 4.61. The number of pyridine rings is 1. The van der Waals surface area contributed by atoms with E-state index < -0.39 is 0 Å². The number of hydrogen-bond donors (Lipinski definition) is 1. The molecule has 0 saturated carbocycles.